The van der Waals surface area contributed by atoms with Crippen molar-refractivity contribution in [1.29, 1.82) is 0 Å². The van der Waals surface area contributed by atoms with Crippen molar-refractivity contribution >= 4 is 15.7 Å². The second-order valence-electron chi connectivity index (χ2n) is 5.71. The Morgan fingerprint density at radius 2 is 2.10 bits per heavy atom. The third-order valence-corrected chi connectivity index (χ3v) is 6.33. The van der Waals surface area contributed by atoms with Gasteiger partial charge in [0.25, 0.3) is 0 Å². The van der Waals surface area contributed by atoms with Gasteiger partial charge in [0.1, 0.15) is 5.25 Å². The molecule has 0 N–H and O–H groups in total. The van der Waals surface area contributed by atoms with Crippen molar-refractivity contribution in [1.82, 2.24) is 14.5 Å². The Morgan fingerprint density at radius 1 is 1.33 bits per heavy atom. The summed E-state index contributed by atoms with van der Waals surface area (Å²) in [5.74, 6) is 0.109. The Balaban J connectivity index is 1.64. The van der Waals surface area contributed by atoms with Gasteiger partial charge >= 0.3 is 0 Å². The highest BCUT2D eigenvalue weighted by atomic mass is 32.2. The van der Waals surface area contributed by atoms with Crippen LogP contribution in [0, 0.1) is 5.92 Å². The molecule has 2 aliphatic rings. The lowest BCUT2D eigenvalue weighted by molar-refractivity contribution is -0.139. The molecule has 3 rings (SSSR count). The van der Waals surface area contributed by atoms with Gasteiger partial charge in [-0.3, -0.25) is 4.79 Å². The number of hydrogen-bond acceptors (Lipinski definition) is 4. The molecule has 6 nitrogen and oxygen atoms in total. The molecule has 21 heavy (non-hydrogen) atoms. The molecule has 1 amide bonds. The number of nitrogens with zero attached hydrogens (tertiary/aromatic N) is 3. The van der Waals surface area contributed by atoms with E-state index in [9.17, 15) is 13.2 Å². The van der Waals surface area contributed by atoms with E-state index in [0.717, 1.165) is 19.3 Å². The second kappa shape index (κ2) is 5.29. The topological polar surface area (TPSA) is 72.3 Å². The molecule has 114 valence electrons. The number of allylic oxidation sites excluding steroid dienone is 2. The third kappa shape index (κ3) is 2.50. The van der Waals surface area contributed by atoms with E-state index in [-0.39, 0.29) is 30.1 Å². The third-order valence-electron chi connectivity index (χ3n) is 4.25. The number of aromatic nitrogens is 2. The van der Waals surface area contributed by atoms with Gasteiger partial charge in [-0.2, -0.15) is 0 Å². The van der Waals surface area contributed by atoms with Crippen LogP contribution < -0.4 is 0 Å². The van der Waals surface area contributed by atoms with Gasteiger partial charge in [-0.15, -0.1) is 0 Å². The smallest absolute Gasteiger partial charge is 0.227 e. The highest BCUT2D eigenvalue weighted by Crippen LogP contribution is 2.27. The summed E-state index contributed by atoms with van der Waals surface area (Å²) in [6.45, 7) is 0.572. The quantitative estimate of drug-likeness (QED) is 0.773. The molecule has 7 heteroatoms. The molecule has 0 spiro atoms. The number of amides is 1. The first kappa shape index (κ1) is 14.3. The van der Waals surface area contributed by atoms with Crippen LogP contribution in [0.15, 0.2) is 29.7 Å². The highest BCUT2D eigenvalue weighted by molar-refractivity contribution is 7.92. The zero-order valence-electron chi connectivity index (χ0n) is 12.0. The molecular formula is C14H19N3O3S. The predicted octanol–water partition coefficient (Wildman–Crippen LogP) is 0.761. The van der Waals surface area contributed by atoms with E-state index in [2.05, 4.69) is 11.1 Å². The van der Waals surface area contributed by atoms with Crippen molar-refractivity contribution in [3.63, 3.8) is 0 Å². The maximum Gasteiger partial charge on any atom is 0.227 e. The monoisotopic (exact) mass is 309 g/mol. The predicted molar refractivity (Wildman–Crippen MR) is 77.2 cm³/mol. The van der Waals surface area contributed by atoms with Crippen LogP contribution in [0.2, 0.25) is 0 Å². The molecule has 1 saturated heterocycles. The van der Waals surface area contributed by atoms with Crippen molar-refractivity contribution in [3.05, 3.63) is 24.5 Å². The largest absolute Gasteiger partial charge is 0.340 e. The summed E-state index contributed by atoms with van der Waals surface area (Å²) in [5.41, 5.74) is 0. The molecule has 0 radical (unpaired) electrons. The van der Waals surface area contributed by atoms with Crippen LogP contribution in [-0.4, -0.2) is 47.1 Å². The first-order valence-corrected chi connectivity index (χ1v) is 8.70. The Morgan fingerprint density at radius 3 is 2.67 bits per heavy atom. The van der Waals surface area contributed by atoms with Crippen LogP contribution in [-0.2, 0) is 21.7 Å². The first-order valence-electron chi connectivity index (χ1n) is 7.15. The summed E-state index contributed by atoms with van der Waals surface area (Å²) >= 11 is 0. The molecule has 0 aromatic carbocycles. The molecule has 1 fully saturated rings. The summed E-state index contributed by atoms with van der Waals surface area (Å²) < 4.78 is 26.3. The van der Waals surface area contributed by atoms with Crippen molar-refractivity contribution < 1.29 is 13.2 Å². The molecule has 1 aliphatic carbocycles. The van der Waals surface area contributed by atoms with Crippen LogP contribution >= 0.6 is 0 Å². The Labute approximate surface area is 124 Å². The number of sulfone groups is 1. The van der Waals surface area contributed by atoms with E-state index in [1.807, 2.05) is 6.08 Å². The average molecular weight is 309 g/mol. The van der Waals surface area contributed by atoms with Gasteiger partial charge in [-0.1, -0.05) is 12.2 Å². The molecule has 1 aromatic heterocycles. The number of carbonyl (C=O) groups excluding carboxylic acids is 1. The number of carbonyl (C=O) groups is 1. The van der Waals surface area contributed by atoms with Crippen LogP contribution in [0.1, 0.15) is 19.3 Å². The summed E-state index contributed by atoms with van der Waals surface area (Å²) in [4.78, 5) is 17.9. The standard InChI is InChI=1S/C14H19N3O3S/c1-16-8-7-15-14(16)21(19,20)12-9-17(10-12)13(18)11-5-3-2-4-6-11/h2-3,7-8,11-12H,4-6,9-10H2,1H3/t11-/m0/s1. The average Bonchev–Trinajstić information content (AvgIpc) is 2.84. The van der Waals surface area contributed by atoms with Crippen LogP contribution in [0.3, 0.4) is 0 Å². The van der Waals surface area contributed by atoms with Crippen molar-refractivity contribution in [2.24, 2.45) is 13.0 Å². The van der Waals surface area contributed by atoms with Crippen LogP contribution in [0.5, 0.6) is 0 Å². The van der Waals surface area contributed by atoms with Crippen LogP contribution in [0.25, 0.3) is 0 Å². The van der Waals surface area contributed by atoms with E-state index in [1.54, 1.807) is 18.1 Å². The van der Waals surface area contributed by atoms with Gasteiger partial charge in [-0.05, 0) is 19.3 Å². The maximum absolute atomic E-state index is 12.4. The van der Waals surface area contributed by atoms with Crippen molar-refractivity contribution in [3.8, 4) is 0 Å². The number of hydrogen-bond donors (Lipinski definition) is 0. The fraction of sp³-hybridized carbons (Fsp3) is 0.571. The summed E-state index contributed by atoms with van der Waals surface area (Å²) in [7, 11) is -1.78. The number of likely N-dealkylation sites (tertiary alicyclic amines) is 1. The number of aryl methyl sites for hydroxylation is 1. The normalized spacial score (nSPS) is 23.1. The lowest BCUT2D eigenvalue weighted by Crippen LogP contribution is -2.58. The minimum Gasteiger partial charge on any atom is -0.340 e. The minimum atomic E-state index is -3.44. The van der Waals surface area contributed by atoms with E-state index in [0.29, 0.717) is 0 Å². The highest BCUT2D eigenvalue weighted by Gasteiger charge is 2.43. The molecule has 2 heterocycles. The molecule has 0 saturated carbocycles. The van der Waals surface area contributed by atoms with Gasteiger partial charge in [0, 0.05) is 38.4 Å². The van der Waals surface area contributed by atoms with E-state index in [1.165, 1.54) is 10.8 Å². The molecule has 1 atom stereocenters. The van der Waals surface area contributed by atoms with E-state index < -0.39 is 15.1 Å². The summed E-state index contributed by atoms with van der Waals surface area (Å²) in [6.07, 6.45) is 9.78. The van der Waals surface area contributed by atoms with E-state index in [4.69, 9.17) is 0 Å². The van der Waals surface area contributed by atoms with Crippen molar-refractivity contribution in [2.45, 2.75) is 29.7 Å². The maximum atomic E-state index is 12.4. The van der Waals surface area contributed by atoms with Gasteiger partial charge in [-0.25, -0.2) is 13.4 Å². The Kier molecular flexibility index (Phi) is 3.61. The lowest BCUT2D eigenvalue weighted by atomic mass is 9.92. The molecule has 1 aromatic rings. The Bertz CT molecular complexity index is 671. The van der Waals surface area contributed by atoms with Crippen molar-refractivity contribution in [2.75, 3.05) is 13.1 Å². The Hall–Kier alpha value is -1.63. The zero-order valence-corrected chi connectivity index (χ0v) is 12.8. The number of imidazole rings is 1. The van der Waals surface area contributed by atoms with Gasteiger partial charge in [0.05, 0.1) is 0 Å². The number of rotatable bonds is 3. The van der Waals surface area contributed by atoms with Gasteiger partial charge < -0.3 is 9.47 Å². The molecular weight excluding hydrogens is 290 g/mol. The van der Waals surface area contributed by atoms with Crippen LogP contribution in [0.4, 0.5) is 0 Å². The fourth-order valence-electron chi connectivity index (χ4n) is 2.87. The summed E-state index contributed by atoms with van der Waals surface area (Å²) in [6, 6.07) is 0. The minimum absolute atomic E-state index is 0.0202. The van der Waals surface area contributed by atoms with Gasteiger partial charge in [0.2, 0.25) is 20.9 Å². The first-order chi connectivity index (χ1) is 10.00. The molecule has 1 aliphatic heterocycles. The van der Waals surface area contributed by atoms with Gasteiger partial charge in [0.15, 0.2) is 0 Å². The summed E-state index contributed by atoms with van der Waals surface area (Å²) in [5, 5.41) is -0.443. The molecule has 0 bridgehead atoms. The SMILES string of the molecule is Cn1ccnc1S(=O)(=O)C1CN(C(=O)[C@H]2CC=CCC2)C1. The zero-order chi connectivity index (χ0) is 15.0. The molecule has 0 unspecified atom stereocenters. The second-order valence-corrected chi connectivity index (χ2v) is 7.83. The van der Waals surface area contributed by atoms with E-state index >= 15 is 0 Å². The lowest BCUT2D eigenvalue weighted by Gasteiger charge is -2.40. The fourth-order valence-corrected chi connectivity index (χ4v) is 4.59.